The van der Waals surface area contributed by atoms with E-state index in [1.54, 1.807) is 54.3 Å². The highest BCUT2D eigenvalue weighted by atomic mass is 19.1. The van der Waals surface area contributed by atoms with Crippen LogP contribution in [0.5, 0.6) is 5.75 Å². The highest BCUT2D eigenvalue weighted by Crippen LogP contribution is 2.41. The maximum absolute atomic E-state index is 14.1. The molecule has 2 fully saturated rings. The van der Waals surface area contributed by atoms with Gasteiger partial charge in [-0.2, -0.15) is 0 Å². The SMILES string of the molecule is COc1ccccc1C(=O)N1C(C(=O)N(C)Cc2ccccc2F)CC2CCCCC21. The molecular weight excluding hydrogens is 395 g/mol. The summed E-state index contributed by atoms with van der Waals surface area (Å²) in [6, 6.07) is 13.2. The molecule has 0 N–H and O–H groups in total. The van der Waals surface area contributed by atoms with Crippen LogP contribution in [0.25, 0.3) is 0 Å². The Morgan fingerprint density at radius 2 is 1.81 bits per heavy atom. The Labute approximate surface area is 182 Å². The van der Waals surface area contributed by atoms with E-state index in [-0.39, 0.29) is 30.2 Å². The maximum Gasteiger partial charge on any atom is 0.258 e. The number of nitrogens with zero attached hydrogens (tertiary/aromatic N) is 2. The number of hydrogen-bond donors (Lipinski definition) is 0. The van der Waals surface area contributed by atoms with Crippen molar-refractivity contribution in [3.8, 4) is 5.75 Å². The van der Waals surface area contributed by atoms with Crippen molar-refractivity contribution in [1.82, 2.24) is 9.80 Å². The molecule has 31 heavy (non-hydrogen) atoms. The van der Waals surface area contributed by atoms with E-state index in [9.17, 15) is 14.0 Å². The van der Waals surface area contributed by atoms with Crippen molar-refractivity contribution in [3.05, 3.63) is 65.5 Å². The van der Waals surface area contributed by atoms with Gasteiger partial charge in [-0.25, -0.2) is 4.39 Å². The molecule has 4 rings (SSSR count). The van der Waals surface area contributed by atoms with E-state index in [0.29, 0.717) is 29.2 Å². The van der Waals surface area contributed by atoms with Crippen molar-refractivity contribution >= 4 is 11.8 Å². The summed E-state index contributed by atoms with van der Waals surface area (Å²) in [4.78, 5) is 30.5. The molecule has 1 saturated heterocycles. The normalized spacial score (nSPS) is 22.7. The lowest BCUT2D eigenvalue weighted by Crippen LogP contribution is -2.49. The fraction of sp³-hybridized carbons (Fsp3) is 0.440. The summed E-state index contributed by atoms with van der Waals surface area (Å²) in [7, 11) is 3.23. The van der Waals surface area contributed by atoms with Crippen LogP contribution >= 0.6 is 0 Å². The lowest BCUT2D eigenvalue weighted by atomic mass is 9.84. The van der Waals surface area contributed by atoms with E-state index < -0.39 is 6.04 Å². The maximum atomic E-state index is 14.1. The number of carbonyl (C=O) groups excluding carboxylic acids is 2. The van der Waals surface area contributed by atoms with Crippen molar-refractivity contribution in [3.63, 3.8) is 0 Å². The summed E-state index contributed by atoms with van der Waals surface area (Å²) >= 11 is 0. The second kappa shape index (κ2) is 9.08. The van der Waals surface area contributed by atoms with Crippen molar-refractivity contribution < 1.29 is 18.7 Å². The van der Waals surface area contributed by atoms with E-state index in [0.717, 1.165) is 25.7 Å². The largest absolute Gasteiger partial charge is 0.496 e. The summed E-state index contributed by atoms with van der Waals surface area (Å²) in [6.07, 6.45) is 4.78. The molecule has 0 aromatic heterocycles. The number of methoxy groups -OCH3 is 1. The Morgan fingerprint density at radius 1 is 1.10 bits per heavy atom. The first-order valence-corrected chi connectivity index (χ1v) is 10.9. The third-order valence-electron chi connectivity index (χ3n) is 6.69. The summed E-state index contributed by atoms with van der Waals surface area (Å²) in [5, 5.41) is 0. The van der Waals surface area contributed by atoms with Crippen LogP contribution in [0, 0.1) is 11.7 Å². The lowest BCUT2D eigenvalue weighted by molar-refractivity contribution is -0.134. The molecule has 1 aliphatic heterocycles. The molecule has 2 aromatic rings. The van der Waals surface area contributed by atoms with Crippen LogP contribution in [0.15, 0.2) is 48.5 Å². The highest BCUT2D eigenvalue weighted by Gasteiger charge is 2.48. The first kappa shape index (κ1) is 21.3. The van der Waals surface area contributed by atoms with Crippen LogP contribution in [0.2, 0.25) is 0 Å². The summed E-state index contributed by atoms with van der Waals surface area (Å²) in [6.45, 7) is 0.175. The molecule has 3 atom stereocenters. The Kier molecular flexibility index (Phi) is 6.25. The third kappa shape index (κ3) is 4.16. The first-order valence-electron chi connectivity index (χ1n) is 10.9. The van der Waals surface area contributed by atoms with Gasteiger partial charge in [0, 0.05) is 25.2 Å². The number of amides is 2. The number of carbonyl (C=O) groups is 2. The van der Waals surface area contributed by atoms with E-state index in [2.05, 4.69) is 0 Å². The quantitative estimate of drug-likeness (QED) is 0.720. The average Bonchev–Trinajstić information content (AvgIpc) is 3.19. The molecule has 0 spiro atoms. The molecular formula is C25H29FN2O3. The second-order valence-electron chi connectivity index (χ2n) is 8.56. The lowest BCUT2D eigenvalue weighted by Gasteiger charge is -2.35. The van der Waals surface area contributed by atoms with E-state index >= 15 is 0 Å². The van der Waals surface area contributed by atoms with Crippen LogP contribution in [0.3, 0.4) is 0 Å². The Bertz CT molecular complexity index is 963. The number of likely N-dealkylation sites (tertiary alicyclic amines) is 1. The van der Waals surface area contributed by atoms with Crippen LogP contribution in [-0.4, -0.2) is 47.9 Å². The molecule has 2 aliphatic rings. The van der Waals surface area contributed by atoms with Gasteiger partial charge in [-0.3, -0.25) is 9.59 Å². The van der Waals surface area contributed by atoms with Gasteiger partial charge in [-0.15, -0.1) is 0 Å². The number of rotatable bonds is 5. The monoisotopic (exact) mass is 424 g/mol. The molecule has 2 aromatic carbocycles. The fourth-order valence-electron chi connectivity index (χ4n) is 5.15. The summed E-state index contributed by atoms with van der Waals surface area (Å²) in [5.41, 5.74) is 0.946. The topological polar surface area (TPSA) is 49.9 Å². The minimum absolute atomic E-state index is 0.0574. The van der Waals surface area contributed by atoms with Gasteiger partial charge in [-0.05, 0) is 43.4 Å². The zero-order valence-corrected chi connectivity index (χ0v) is 18.1. The average molecular weight is 425 g/mol. The highest BCUT2D eigenvalue weighted by molar-refractivity contribution is 6.00. The van der Waals surface area contributed by atoms with Crippen LogP contribution in [-0.2, 0) is 11.3 Å². The minimum atomic E-state index is -0.540. The molecule has 6 heteroatoms. The van der Waals surface area contributed by atoms with Gasteiger partial charge in [0.2, 0.25) is 5.91 Å². The van der Waals surface area contributed by atoms with Crippen molar-refractivity contribution in [2.45, 2.75) is 50.7 Å². The molecule has 2 amide bonds. The summed E-state index contributed by atoms with van der Waals surface area (Å²) in [5.74, 6) is 0.204. The van der Waals surface area contributed by atoms with Crippen molar-refractivity contribution in [2.24, 2.45) is 5.92 Å². The van der Waals surface area contributed by atoms with E-state index in [1.165, 1.54) is 6.07 Å². The zero-order valence-electron chi connectivity index (χ0n) is 18.1. The third-order valence-corrected chi connectivity index (χ3v) is 6.69. The number of ether oxygens (including phenoxy) is 1. The first-order chi connectivity index (χ1) is 15.0. The van der Waals surface area contributed by atoms with Gasteiger partial charge in [0.25, 0.3) is 5.91 Å². The number of halogens is 1. The Balaban J connectivity index is 1.62. The fourth-order valence-corrected chi connectivity index (χ4v) is 5.15. The van der Waals surface area contributed by atoms with Gasteiger partial charge in [0.05, 0.1) is 12.7 Å². The predicted octanol–water partition coefficient (Wildman–Crippen LogP) is 4.27. The number of fused-ring (bicyclic) bond motifs is 1. The molecule has 1 saturated carbocycles. The van der Waals surface area contributed by atoms with Crippen LogP contribution < -0.4 is 4.74 Å². The molecule has 0 radical (unpaired) electrons. The number of likely N-dealkylation sites (N-methyl/N-ethyl adjacent to an activating group) is 1. The van der Waals surface area contributed by atoms with Crippen LogP contribution in [0.4, 0.5) is 4.39 Å². The molecule has 164 valence electrons. The standard InChI is InChI=1S/C25H29FN2O3/c1-27(16-18-10-3-6-12-20(18)26)25(30)22-15-17-9-4-7-13-21(17)28(22)24(29)19-11-5-8-14-23(19)31-2/h3,5-6,8,10-12,14,17,21-22H,4,7,9,13,15-16H2,1-2H3. The second-order valence-corrected chi connectivity index (χ2v) is 8.56. The number of para-hydroxylation sites is 1. The van der Waals surface area contributed by atoms with Crippen molar-refractivity contribution in [1.29, 1.82) is 0 Å². The Morgan fingerprint density at radius 3 is 2.58 bits per heavy atom. The predicted molar refractivity (Wildman–Crippen MR) is 116 cm³/mol. The van der Waals surface area contributed by atoms with Crippen LogP contribution in [0.1, 0.15) is 48.0 Å². The molecule has 3 unspecified atom stereocenters. The van der Waals surface area contributed by atoms with Gasteiger partial charge >= 0.3 is 0 Å². The smallest absolute Gasteiger partial charge is 0.258 e. The van der Waals surface area contributed by atoms with Gasteiger partial charge in [0.15, 0.2) is 0 Å². The van der Waals surface area contributed by atoms with Gasteiger partial charge < -0.3 is 14.5 Å². The molecule has 5 nitrogen and oxygen atoms in total. The van der Waals surface area contributed by atoms with E-state index in [1.807, 2.05) is 12.1 Å². The number of benzene rings is 2. The van der Waals surface area contributed by atoms with Crippen molar-refractivity contribution in [2.75, 3.05) is 14.2 Å². The molecule has 0 bridgehead atoms. The molecule has 1 heterocycles. The minimum Gasteiger partial charge on any atom is -0.496 e. The summed E-state index contributed by atoms with van der Waals surface area (Å²) < 4.78 is 19.5. The van der Waals surface area contributed by atoms with Gasteiger partial charge in [-0.1, -0.05) is 43.2 Å². The van der Waals surface area contributed by atoms with Gasteiger partial charge in [0.1, 0.15) is 17.6 Å². The number of hydrogen-bond acceptors (Lipinski definition) is 3. The molecule has 1 aliphatic carbocycles. The van der Waals surface area contributed by atoms with E-state index in [4.69, 9.17) is 4.74 Å². The zero-order chi connectivity index (χ0) is 22.0. The Hall–Kier alpha value is -2.89.